The molecule has 2 heteroatoms. The van der Waals surface area contributed by atoms with Gasteiger partial charge in [0.05, 0.1) is 11.6 Å². The van der Waals surface area contributed by atoms with Crippen molar-refractivity contribution in [3.8, 4) is 0 Å². The molecule has 2 aliphatic rings. The van der Waals surface area contributed by atoms with Gasteiger partial charge >= 0.3 is 0 Å². The molecule has 0 spiro atoms. The summed E-state index contributed by atoms with van der Waals surface area (Å²) in [5.74, 6) is 0.821. The first kappa shape index (κ1) is 12.2. The lowest BCUT2D eigenvalue weighted by Gasteiger charge is -2.40. The van der Waals surface area contributed by atoms with Gasteiger partial charge in [-0.1, -0.05) is 37.6 Å². The van der Waals surface area contributed by atoms with Crippen molar-refractivity contribution in [2.24, 2.45) is 5.92 Å². The highest BCUT2D eigenvalue weighted by molar-refractivity contribution is 5.36. The highest BCUT2D eigenvalue weighted by Gasteiger charge is 2.43. The Labute approximate surface area is 109 Å². The quantitative estimate of drug-likeness (QED) is 0.839. The zero-order valence-electron chi connectivity index (χ0n) is 11.2. The van der Waals surface area contributed by atoms with Crippen molar-refractivity contribution in [3.63, 3.8) is 0 Å². The fourth-order valence-corrected chi connectivity index (χ4v) is 3.65. The lowest BCUT2D eigenvalue weighted by Crippen LogP contribution is -2.44. The van der Waals surface area contributed by atoms with Crippen LogP contribution in [0.5, 0.6) is 0 Å². The molecule has 1 aromatic carbocycles. The van der Waals surface area contributed by atoms with E-state index in [0.29, 0.717) is 0 Å². The molecule has 0 amide bonds. The smallest absolute Gasteiger partial charge is 0.0842 e. The van der Waals surface area contributed by atoms with Crippen LogP contribution in [0, 0.1) is 5.92 Å². The van der Waals surface area contributed by atoms with Gasteiger partial charge in [-0.15, -0.1) is 0 Å². The molecular weight excluding hydrogens is 222 g/mol. The molecule has 1 heterocycles. The molecule has 1 fully saturated rings. The van der Waals surface area contributed by atoms with Crippen molar-refractivity contribution in [1.82, 2.24) is 5.32 Å². The third-order valence-electron chi connectivity index (χ3n) is 4.95. The van der Waals surface area contributed by atoms with Crippen LogP contribution in [0.2, 0.25) is 0 Å². The van der Waals surface area contributed by atoms with E-state index in [-0.39, 0.29) is 6.04 Å². The van der Waals surface area contributed by atoms with Gasteiger partial charge in [0.2, 0.25) is 0 Å². The predicted octanol–water partition coefficient (Wildman–Crippen LogP) is 3.16. The number of hydrogen-bond donors (Lipinski definition) is 2. The van der Waals surface area contributed by atoms with Crippen molar-refractivity contribution in [1.29, 1.82) is 0 Å². The van der Waals surface area contributed by atoms with E-state index >= 15 is 0 Å². The molecule has 0 saturated heterocycles. The molecule has 2 nitrogen and oxygen atoms in total. The van der Waals surface area contributed by atoms with Crippen LogP contribution in [-0.2, 0) is 6.54 Å². The first-order valence-corrected chi connectivity index (χ1v) is 7.26. The minimum Gasteiger partial charge on any atom is -0.388 e. The lowest BCUT2D eigenvalue weighted by molar-refractivity contribution is -0.0402. The molecule has 3 rings (SSSR count). The second-order valence-corrected chi connectivity index (χ2v) is 5.97. The summed E-state index contributed by atoms with van der Waals surface area (Å²) in [6.45, 7) is 3.17. The molecule has 1 aliphatic heterocycles. The number of nitrogens with one attached hydrogen (secondary N) is 1. The molecule has 0 bridgehead atoms. The summed E-state index contributed by atoms with van der Waals surface area (Å²) < 4.78 is 0. The Balaban J connectivity index is 1.80. The van der Waals surface area contributed by atoms with Crippen molar-refractivity contribution < 1.29 is 5.11 Å². The highest BCUT2D eigenvalue weighted by atomic mass is 16.3. The van der Waals surface area contributed by atoms with Crippen molar-refractivity contribution in [2.75, 3.05) is 0 Å². The third-order valence-corrected chi connectivity index (χ3v) is 4.95. The van der Waals surface area contributed by atoms with Crippen LogP contribution in [0.3, 0.4) is 0 Å². The third kappa shape index (κ3) is 1.98. The maximum atomic E-state index is 11.0. The number of benzene rings is 1. The summed E-state index contributed by atoms with van der Waals surface area (Å²) in [6.07, 6.45) is 5.49. The summed E-state index contributed by atoms with van der Waals surface area (Å²) in [7, 11) is 0. The number of hydrogen-bond acceptors (Lipinski definition) is 2. The zero-order chi connectivity index (χ0) is 12.6. The Kier molecular flexibility index (Phi) is 3.16. The van der Waals surface area contributed by atoms with Crippen molar-refractivity contribution in [2.45, 2.75) is 57.2 Å². The Bertz CT molecular complexity index is 421. The minimum absolute atomic E-state index is 0.145. The summed E-state index contributed by atoms with van der Waals surface area (Å²) in [5.41, 5.74) is 2.14. The number of rotatable bonds is 2. The Morgan fingerprint density at radius 3 is 2.72 bits per heavy atom. The van der Waals surface area contributed by atoms with Gasteiger partial charge in [0.25, 0.3) is 0 Å². The van der Waals surface area contributed by atoms with Crippen LogP contribution >= 0.6 is 0 Å². The molecule has 1 aliphatic carbocycles. The van der Waals surface area contributed by atoms with Gasteiger partial charge < -0.3 is 10.4 Å². The largest absolute Gasteiger partial charge is 0.388 e. The average molecular weight is 245 g/mol. The standard InChI is InChI=1S/C16H23NO/c1-2-12-7-9-16(18,10-8-12)15-14-6-4-3-5-13(14)11-17-15/h3-6,12,15,17-18H,2,7-11H2,1H3. The SMILES string of the molecule is CCC1CCC(O)(C2NCc3ccccc32)CC1. The van der Waals surface area contributed by atoms with E-state index < -0.39 is 5.60 Å². The van der Waals surface area contributed by atoms with Crippen LogP contribution in [0.1, 0.15) is 56.2 Å². The maximum Gasteiger partial charge on any atom is 0.0842 e. The van der Waals surface area contributed by atoms with Gasteiger partial charge in [0.15, 0.2) is 0 Å². The van der Waals surface area contributed by atoms with E-state index in [1.54, 1.807) is 0 Å². The molecule has 1 unspecified atom stereocenters. The molecule has 0 radical (unpaired) electrons. The predicted molar refractivity (Wildman–Crippen MR) is 73.2 cm³/mol. The van der Waals surface area contributed by atoms with E-state index in [1.807, 2.05) is 0 Å². The van der Waals surface area contributed by atoms with Gasteiger partial charge in [0, 0.05) is 6.54 Å². The lowest BCUT2D eigenvalue weighted by atomic mass is 9.73. The molecule has 2 N–H and O–H groups in total. The van der Waals surface area contributed by atoms with Gasteiger partial charge in [-0.25, -0.2) is 0 Å². The Hall–Kier alpha value is -0.860. The molecule has 1 aromatic rings. The first-order valence-electron chi connectivity index (χ1n) is 7.26. The first-order chi connectivity index (χ1) is 8.73. The average Bonchev–Trinajstić information content (AvgIpc) is 2.84. The number of fused-ring (bicyclic) bond motifs is 1. The van der Waals surface area contributed by atoms with E-state index in [4.69, 9.17) is 0 Å². The van der Waals surface area contributed by atoms with Crippen molar-refractivity contribution >= 4 is 0 Å². The van der Waals surface area contributed by atoms with Gasteiger partial charge in [0.1, 0.15) is 0 Å². The second-order valence-electron chi connectivity index (χ2n) is 5.97. The van der Waals surface area contributed by atoms with Gasteiger partial charge in [-0.3, -0.25) is 0 Å². The van der Waals surface area contributed by atoms with E-state index in [0.717, 1.165) is 25.3 Å². The Morgan fingerprint density at radius 2 is 2.00 bits per heavy atom. The van der Waals surface area contributed by atoms with E-state index in [1.165, 1.54) is 30.4 Å². The molecule has 98 valence electrons. The minimum atomic E-state index is -0.529. The normalized spacial score (nSPS) is 35.4. The fraction of sp³-hybridized carbons (Fsp3) is 0.625. The van der Waals surface area contributed by atoms with Crippen LogP contribution < -0.4 is 5.32 Å². The van der Waals surface area contributed by atoms with Crippen LogP contribution in [0.4, 0.5) is 0 Å². The van der Waals surface area contributed by atoms with Crippen LogP contribution in [-0.4, -0.2) is 10.7 Å². The summed E-state index contributed by atoms with van der Waals surface area (Å²) in [5, 5.41) is 14.5. The topological polar surface area (TPSA) is 32.3 Å². The molecule has 1 saturated carbocycles. The van der Waals surface area contributed by atoms with Crippen molar-refractivity contribution in [3.05, 3.63) is 35.4 Å². The molecule has 0 aromatic heterocycles. The highest BCUT2D eigenvalue weighted by Crippen LogP contribution is 2.44. The summed E-state index contributed by atoms with van der Waals surface area (Å²) in [4.78, 5) is 0. The Morgan fingerprint density at radius 1 is 1.28 bits per heavy atom. The molecule has 18 heavy (non-hydrogen) atoms. The van der Waals surface area contributed by atoms with E-state index in [2.05, 4.69) is 36.5 Å². The van der Waals surface area contributed by atoms with Gasteiger partial charge in [-0.05, 0) is 42.7 Å². The zero-order valence-corrected chi connectivity index (χ0v) is 11.2. The summed E-state index contributed by atoms with van der Waals surface area (Å²) >= 11 is 0. The van der Waals surface area contributed by atoms with Crippen LogP contribution in [0.15, 0.2) is 24.3 Å². The number of aliphatic hydroxyl groups is 1. The summed E-state index contributed by atoms with van der Waals surface area (Å²) in [6, 6.07) is 8.65. The monoisotopic (exact) mass is 245 g/mol. The fourth-order valence-electron chi connectivity index (χ4n) is 3.65. The van der Waals surface area contributed by atoms with E-state index in [9.17, 15) is 5.11 Å². The van der Waals surface area contributed by atoms with Crippen LogP contribution in [0.25, 0.3) is 0 Å². The molecular formula is C16H23NO. The maximum absolute atomic E-state index is 11.0. The van der Waals surface area contributed by atoms with Gasteiger partial charge in [-0.2, -0.15) is 0 Å². The second kappa shape index (κ2) is 4.67. The molecule has 1 atom stereocenters.